The summed E-state index contributed by atoms with van der Waals surface area (Å²) in [5.41, 5.74) is 1.30. The molecule has 0 fully saturated rings. The van der Waals surface area contributed by atoms with E-state index in [1.165, 1.54) is 5.56 Å². The molecule has 22 heavy (non-hydrogen) atoms. The molecule has 2 aromatic rings. The minimum Gasteiger partial charge on any atom is -1.00 e. The highest BCUT2D eigenvalue weighted by Gasteiger charge is 2.14. The van der Waals surface area contributed by atoms with Gasteiger partial charge in [0.15, 0.2) is 0 Å². The van der Waals surface area contributed by atoms with Gasteiger partial charge in [-0.25, -0.2) is 0 Å². The molecule has 0 radical (unpaired) electrons. The fourth-order valence-corrected chi connectivity index (χ4v) is 2.44. The number of hydrogen-bond acceptors (Lipinski definition) is 2. The maximum atomic E-state index is 5.94. The summed E-state index contributed by atoms with van der Waals surface area (Å²) in [6, 6.07) is 20.7. The van der Waals surface area contributed by atoms with Crippen molar-refractivity contribution in [2.45, 2.75) is 19.5 Å². The van der Waals surface area contributed by atoms with Crippen LogP contribution in [0, 0.1) is 0 Å². The van der Waals surface area contributed by atoms with Crippen LogP contribution in [0.25, 0.3) is 0 Å². The summed E-state index contributed by atoms with van der Waals surface area (Å²) in [6.45, 7) is 4.59. The van der Waals surface area contributed by atoms with Crippen LogP contribution in [0.5, 0.6) is 5.75 Å². The van der Waals surface area contributed by atoms with Gasteiger partial charge in [0.05, 0.1) is 0 Å². The Morgan fingerprint density at radius 3 is 2.18 bits per heavy atom. The fourth-order valence-electron chi connectivity index (χ4n) is 2.22. The highest BCUT2D eigenvalue weighted by Crippen LogP contribution is 2.12. The zero-order valence-corrected chi connectivity index (χ0v) is 14.3. The number of rotatable bonds is 8. The molecule has 2 aromatic carbocycles. The van der Waals surface area contributed by atoms with E-state index in [2.05, 4.69) is 36.1 Å². The van der Waals surface area contributed by atoms with E-state index in [1.807, 2.05) is 36.4 Å². The van der Waals surface area contributed by atoms with E-state index in [1.54, 1.807) is 0 Å². The average Bonchev–Trinajstić information content (AvgIpc) is 2.54. The van der Waals surface area contributed by atoms with Crippen molar-refractivity contribution in [3.8, 4) is 5.75 Å². The lowest BCUT2D eigenvalue weighted by Crippen LogP contribution is -3.00. The number of halogens is 2. The summed E-state index contributed by atoms with van der Waals surface area (Å²) >= 11 is 5.94. The molecule has 0 saturated carbocycles. The Labute approximate surface area is 144 Å². The minimum atomic E-state index is 0. The summed E-state index contributed by atoms with van der Waals surface area (Å²) in [4.78, 5) is 2.35. The van der Waals surface area contributed by atoms with Crippen molar-refractivity contribution >= 4 is 11.6 Å². The highest BCUT2D eigenvalue weighted by atomic mass is 35.5. The normalized spacial score (nSPS) is 11.8. The van der Waals surface area contributed by atoms with Crippen LogP contribution in [-0.2, 0) is 6.54 Å². The quantitative estimate of drug-likeness (QED) is 0.670. The molecular weight excluding hydrogens is 317 g/mol. The second-order valence-corrected chi connectivity index (χ2v) is 5.50. The molecule has 2 nitrogen and oxygen atoms in total. The monoisotopic (exact) mass is 338 g/mol. The van der Waals surface area contributed by atoms with E-state index >= 15 is 0 Å². The summed E-state index contributed by atoms with van der Waals surface area (Å²) < 4.78 is 5.85. The van der Waals surface area contributed by atoms with Crippen LogP contribution in [0.1, 0.15) is 12.5 Å². The molecule has 0 heterocycles. The Hall–Kier alpha value is -1.22. The largest absolute Gasteiger partial charge is 1.00 e. The first-order valence-electron chi connectivity index (χ1n) is 7.31. The molecule has 2 rings (SSSR count). The van der Waals surface area contributed by atoms with Gasteiger partial charge in [-0.2, -0.15) is 0 Å². The highest BCUT2D eigenvalue weighted by molar-refractivity contribution is 6.18. The van der Waals surface area contributed by atoms with Crippen molar-refractivity contribution in [3.63, 3.8) is 0 Å². The smallest absolute Gasteiger partial charge is 0.119 e. The van der Waals surface area contributed by atoms with E-state index in [-0.39, 0.29) is 12.4 Å². The number of nitrogens with zero attached hydrogens (tertiary/aromatic N) is 1. The van der Waals surface area contributed by atoms with Crippen molar-refractivity contribution in [1.29, 1.82) is 0 Å². The van der Waals surface area contributed by atoms with Crippen molar-refractivity contribution in [3.05, 3.63) is 66.2 Å². The molecular formula is C18H22Cl2NO-. The van der Waals surface area contributed by atoms with Crippen LogP contribution in [0.4, 0.5) is 0 Å². The SMILES string of the molecule is CC(COc1ccccc1)N(CCCl)Cc1ccccc1.[Cl-]. The van der Waals surface area contributed by atoms with Gasteiger partial charge in [0.25, 0.3) is 0 Å². The third-order valence-electron chi connectivity index (χ3n) is 3.46. The average molecular weight is 339 g/mol. The van der Waals surface area contributed by atoms with Gasteiger partial charge in [0.1, 0.15) is 12.4 Å². The molecule has 0 amide bonds. The molecule has 0 spiro atoms. The molecule has 120 valence electrons. The standard InChI is InChI=1S/C18H22ClNO.ClH/c1-16(15-21-18-10-6-3-7-11-18)20(13-12-19)14-17-8-4-2-5-9-17;/h2-11,16H,12-15H2,1H3;1H/p-1. The summed E-state index contributed by atoms with van der Waals surface area (Å²) in [5.74, 6) is 1.54. The first kappa shape index (κ1) is 18.8. The van der Waals surface area contributed by atoms with Gasteiger partial charge < -0.3 is 17.1 Å². The predicted molar refractivity (Wildman–Crippen MR) is 89.0 cm³/mol. The topological polar surface area (TPSA) is 12.5 Å². The van der Waals surface area contributed by atoms with Crippen molar-refractivity contribution in [1.82, 2.24) is 4.90 Å². The Balaban J connectivity index is 0.00000242. The number of alkyl halides is 1. The van der Waals surface area contributed by atoms with Crippen LogP contribution >= 0.6 is 11.6 Å². The lowest BCUT2D eigenvalue weighted by molar-refractivity contribution is -0.00000466. The van der Waals surface area contributed by atoms with E-state index in [0.717, 1.165) is 18.8 Å². The van der Waals surface area contributed by atoms with Gasteiger partial charge in [-0.15, -0.1) is 11.6 Å². The summed E-state index contributed by atoms with van der Waals surface area (Å²) in [5, 5.41) is 0. The molecule has 4 heteroatoms. The molecule has 0 aliphatic carbocycles. The number of benzene rings is 2. The Morgan fingerprint density at radius 2 is 1.59 bits per heavy atom. The van der Waals surface area contributed by atoms with Crippen LogP contribution in [0.3, 0.4) is 0 Å². The van der Waals surface area contributed by atoms with Gasteiger partial charge in [0, 0.05) is 25.0 Å². The minimum absolute atomic E-state index is 0. The second kappa shape index (κ2) is 10.5. The zero-order chi connectivity index (χ0) is 14.9. The first-order valence-corrected chi connectivity index (χ1v) is 7.85. The van der Waals surface area contributed by atoms with E-state index in [9.17, 15) is 0 Å². The Morgan fingerprint density at radius 1 is 1.00 bits per heavy atom. The molecule has 0 aliphatic heterocycles. The number of ether oxygens (including phenoxy) is 1. The van der Waals surface area contributed by atoms with Crippen LogP contribution in [-0.4, -0.2) is 30.0 Å². The molecule has 1 unspecified atom stereocenters. The molecule has 0 bridgehead atoms. The second-order valence-electron chi connectivity index (χ2n) is 5.12. The maximum Gasteiger partial charge on any atom is 0.119 e. The predicted octanol–water partition coefficient (Wildman–Crippen LogP) is 1.20. The fraction of sp³-hybridized carbons (Fsp3) is 0.333. The zero-order valence-electron chi connectivity index (χ0n) is 12.8. The van der Waals surface area contributed by atoms with Crippen LogP contribution in [0.2, 0.25) is 0 Å². The van der Waals surface area contributed by atoms with E-state index in [0.29, 0.717) is 18.5 Å². The lowest BCUT2D eigenvalue weighted by atomic mass is 10.2. The Kier molecular flexibility index (Phi) is 8.98. The maximum absolute atomic E-state index is 5.94. The number of para-hydroxylation sites is 1. The first-order chi connectivity index (χ1) is 10.3. The Bertz CT molecular complexity index is 507. The third kappa shape index (κ3) is 6.27. The van der Waals surface area contributed by atoms with Gasteiger partial charge in [-0.1, -0.05) is 48.5 Å². The van der Waals surface area contributed by atoms with Crippen LogP contribution < -0.4 is 17.1 Å². The summed E-state index contributed by atoms with van der Waals surface area (Å²) in [6.07, 6.45) is 0. The number of hydrogen-bond donors (Lipinski definition) is 0. The van der Waals surface area contributed by atoms with Crippen molar-refractivity contribution in [2.24, 2.45) is 0 Å². The van der Waals surface area contributed by atoms with Crippen molar-refractivity contribution < 1.29 is 17.1 Å². The van der Waals surface area contributed by atoms with Gasteiger partial charge in [0.2, 0.25) is 0 Å². The van der Waals surface area contributed by atoms with Crippen molar-refractivity contribution in [2.75, 3.05) is 19.0 Å². The molecule has 0 N–H and O–H groups in total. The van der Waals surface area contributed by atoms with E-state index < -0.39 is 0 Å². The van der Waals surface area contributed by atoms with E-state index in [4.69, 9.17) is 16.3 Å². The summed E-state index contributed by atoms with van der Waals surface area (Å²) in [7, 11) is 0. The molecule has 0 aliphatic rings. The van der Waals surface area contributed by atoms with Gasteiger partial charge >= 0.3 is 0 Å². The molecule has 0 saturated heterocycles. The lowest BCUT2D eigenvalue weighted by Gasteiger charge is -2.28. The molecule has 0 aromatic heterocycles. The van der Waals surface area contributed by atoms with Crippen LogP contribution in [0.15, 0.2) is 60.7 Å². The van der Waals surface area contributed by atoms with Gasteiger partial charge in [-0.3, -0.25) is 4.90 Å². The molecule has 1 atom stereocenters. The third-order valence-corrected chi connectivity index (χ3v) is 3.63. The van der Waals surface area contributed by atoms with Gasteiger partial charge in [-0.05, 0) is 24.6 Å².